The topological polar surface area (TPSA) is 80.4 Å². The number of aromatic nitrogens is 1. The Morgan fingerprint density at radius 2 is 1.97 bits per heavy atom. The molecule has 1 amide bonds. The van der Waals surface area contributed by atoms with Crippen molar-refractivity contribution in [1.82, 2.24) is 10.3 Å². The number of aryl methyl sites for hydroxylation is 1. The Labute approximate surface area is 180 Å². The third kappa shape index (κ3) is 4.26. The second-order valence-corrected chi connectivity index (χ2v) is 8.11. The quantitative estimate of drug-likeness (QED) is 0.379. The molecule has 2 N–H and O–H groups in total. The molecule has 0 bridgehead atoms. The van der Waals surface area contributed by atoms with Crippen molar-refractivity contribution in [3.63, 3.8) is 0 Å². The number of benzene rings is 2. The summed E-state index contributed by atoms with van der Waals surface area (Å²) in [4.78, 5) is 28.0. The Morgan fingerprint density at radius 3 is 2.81 bits per heavy atom. The minimum atomic E-state index is -0.681. The van der Waals surface area contributed by atoms with Gasteiger partial charge >= 0.3 is 0 Å². The van der Waals surface area contributed by atoms with Crippen molar-refractivity contribution < 1.29 is 19.1 Å². The van der Waals surface area contributed by atoms with E-state index >= 15 is 0 Å². The summed E-state index contributed by atoms with van der Waals surface area (Å²) in [5.41, 5.74) is 2.77. The highest BCUT2D eigenvalue weighted by molar-refractivity contribution is 6.45. The summed E-state index contributed by atoms with van der Waals surface area (Å²) in [7, 11) is 0. The summed E-state index contributed by atoms with van der Waals surface area (Å²) in [6, 6.07) is 13.2. The lowest BCUT2D eigenvalue weighted by atomic mass is 10.0. The second-order valence-electron chi connectivity index (χ2n) is 8.11. The summed E-state index contributed by atoms with van der Waals surface area (Å²) in [6.07, 6.45) is 0.834. The van der Waals surface area contributed by atoms with E-state index in [1.54, 1.807) is 6.92 Å². The van der Waals surface area contributed by atoms with E-state index in [1.165, 1.54) is 0 Å². The van der Waals surface area contributed by atoms with Gasteiger partial charge in [-0.15, -0.1) is 0 Å². The minimum absolute atomic E-state index is 0.0613. The van der Waals surface area contributed by atoms with Crippen LogP contribution < -0.4 is 14.8 Å². The Balaban J connectivity index is 1.31. The summed E-state index contributed by atoms with van der Waals surface area (Å²) in [5, 5.41) is 3.29. The van der Waals surface area contributed by atoms with Crippen molar-refractivity contribution in [3.05, 3.63) is 59.3 Å². The van der Waals surface area contributed by atoms with E-state index < -0.39 is 11.7 Å². The van der Waals surface area contributed by atoms with E-state index in [2.05, 4.69) is 22.1 Å². The Morgan fingerprint density at radius 1 is 1.16 bits per heavy atom. The third-order valence-corrected chi connectivity index (χ3v) is 5.14. The number of amides is 1. The zero-order valence-corrected chi connectivity index (χ0v) is 17.8. The number of hydrogen-bond acceptors (Lipinski definition) is 4. The van der Waals surface area contributed by atoms with E-state index in [-0.39, 0.29) is 18.8 Å². The van der Waals surface area contributed by atoms with Crippen molar-refractivity contribution in [1.29, 1.82) is 0 Å². The van der Waals surface area contributed by atoms with Gasteiger partial charge in [0.25, 0.3) is 11.7 Å². The van der Waals surface area contributed by atoms with Gasteiger partial charge in [0.05, 0.1) is 12.1 Å². The van der Waals surface area contributed by atoms with Gasteiger partial charge in [-0.3, -0.25) is 9.59 Å². The molecule has 0 atom stereocenters. The largest absolute Gasteiger partial charge is 0.483 e. The van der Waals surface area contributed by atoms with E-state index in [0.717, 1.165) is 28.6 Å². The zero-order chi connectivity index (χ0) is 22.0. The number of carbonyl (C=O) groups is 2. The van der Waals surface area contributed by atoms with Crippen LogP contribution in [0.2, 0.25) is 0 Å². The third-order valence-electron chi connectivity index (χ3n) is 5.14. The number of rotatable bonds is 5. The molecule has 0 unspecified atom stereocenters. The van der Waals surface area contributed by atoms with Crippen molar-refractivity contribution in [2.75, 3.05) is 13.2 Å². The lowest BCUT2D eigenvalue weighted by Gasteiger charge is -2.17. The number of ketones is 1. The van der Waals surface area contributed by atoms with Gasteiger partial charge < -0.3 is 19.8 Å². The van der Waals surface area contributed by atoms with Crippen molar-refractivity contribution >= 4 is 22.6 Å². The number of hydrogen-bond donors (Lipinski definition) is 2. The molecule has 1 aliphatic heterocycles. The molecule has 1 aliphatic rings. The number of ether oxygens (including phenoxy) is 2. The van der Waals surface area contributed by atoms with Gasteiger partial charge in [0.15, 0.2) is 11.5 Å². The van der Waals surface area contributed by atoms with Crippen LogP contribution in [0.1, 0.15) is 35.5 Å². The molecule has 2 aromatic carbocycles. The number of carbonyl (C=O) groups excluding carboxylic acids is 2. The first-order chi connectivity index (χ1) is 14.9. The Kier molecular flexibility index (Phi) is 5.43. The fraction of sp³-hybridized carbons (Fsp3) is 0.280. The molecule has 6 heteroatoms. The average Bonchev–Trinajstić information content (AvgIpc) is 3.24. The summed E-state index contributed by atoms with van der Waals surface area (Å²) in [5.74, 6) is 5.84. The van der Waals surface area contributed by atoms with E-state index in [9.17, 15) is 9.59 Å². The molecule has 6 nitrogen and oxygen atoms in total. The van der Waals surface area contributed by atoms with Gasteiger partial charge in [0, 0.05) is 28.6 Å². The maximum absolute atomic E-state index is 12.6. The highest BCUT2D eigenvalue weighted by Crippen LogP contribution is 2.41. The van der Waals surface area contributed by atoms with Crippen molar-refractivity contribution in [2.24, 2.45) is 0 Å². The average molecular weight is 416 g/mol. The predicted octanol–water partition coefficient (Wildman–Crippen LogP) is 3.57. The molecule has 0 saturated carbocycles. The fourth-order valence-corrected chi connectivity index (χ4v) is 3.82. The van der Waals surface area contributed by atoms with Crippen LogP contribution in [-0.4, -0.2) is 35.4 Å². The molecule has 3 aromatic rings. The normalized spacial score (nSPS) is 13.6. The van der Waals surface area contributed by atoms with E-state index in [1.807, 2.05) is 56.3 Å². The molecule has 4 rings (SSSR count). The number of para-hydroxylation sites is 2. The Bertz CT molecular complexity index is 1230. The van der Waals surface area contributed by atoms with Crippen molar-refractivity contribution in [2.45, 2.75) is 32.8 Å². The first-order valence-electron chi connectivity index (χ1n) is 10.1. The first-order valence-corrected chi connectivity index (χ1v) is 10.1. The number of fused-ring (bicyclic) bond motifs is 2. The molecule has 0 saturated heterocycles. The van der Waals surface area contributed by atoms with Crippen LogP contribution in [0.15, 0.2) is 42.5 Å². The van der Waals surface area contributed by atoms with Crippen LogP contribution in [0.3, 0.4) is 0 Å². The molecule has 0 fully saturated rings. The SMILES string of the molecule is Cc1[nH]c2ccccc2c1C(=O)C(=O)NCC#CCOc1cccc2c1OC(C)(C)C2. The molecule has 0 aliphatic carbocycles. The van der Waals surface area contributed by atoms with Crippen LogP contribution in [0.25, 0.3) is 10.9 Å². The summed E-state index contributed by atoms with van der Waals surface area (Å²) in [6.45, 7) is 6.08. The van der Waals surface area contributed by atoms with Crippen LogP contribution >= 0.6 is 0 Å². The number of nitrogens with one attached hydrogen (secondary N) is 2. The molecule has 31 heavy (non-hydrogen) atoms. The fourth-order valence-electron chi connectivity index (χ4n) is 3.82. The predicted molar refractivity (Wildman–Crippen MR) is 118 cm³/mol. The molecule has 0 spiro atoms. The van der Waals surface area contributed by atoms with Crippen LogP contribution in [-0.2, 0) is 11.2 Å². The summed E-state index contributed by atoms with van der Waals surface area (Å²) < 4.78 is 11.7. The van der Waals surface area contributed by atoms with Crippen LogP contribution in [0.5, 0.6) is 11.5 Å². The highest BCUT2D eigenvalue weighted by Gasteiger charge is 2.32. The van der Waals surface area contributed by atoms with Gasteiger partial charge in [0.1, 0.15) is 12.2 Å². The standard InChI is InChI=1S/C25H24N2O4/c1-16-21(18-10-4-5-11-19(18)27-16)22(28)24(29)26-13-6-7-14-30-20-12-8-9-17-15-25(2,3)31-23(17)20/h4-5,8-12,27H,13-15H2,1-3H3,(H,26,29). The molecular weight excluding hydrogens is 392 g/mol. The van der Waals surface area contributed by atoms with E-state index in [0.29, 0.717) is 17.0 Å². The molecular formula is C25H24N2O4. The lowest BCUT2D eigenvalue weighted by Crippen LogP contribution is -2.31. The smallest absolute Gasteiger partial charge is 0.293 e. The number of Topliss-reactive ketones (excluding diaryl/α,β-unsaturated/α-hetero) is 1. The second kappa shape index (κ2) is 8.19. The van der Waals surface area contributed by atoms with Gasteiger partial charge in [-0.05, 0) is 32.9 Å². The zero-order valence-electron chi connectivity index (χ0n) is 17.8. The molecule has 158 valence electrons. The van der Waals surface area contributed by atoms with E-state index in [4.69, 9.17) is 9.47 Å². The Hall–Kier alpha value is -3.72. The molecule has 0 radical (unpaired) electrons. The summed E-state index contributed by atoms with van der Waals surface area (Å²) >= 11 is 0. The number of aromatic amines is 1. The van der Waals surface area contributed by atoms with Gasteiger partial charge in [-0.2, -0.15) is 0 Å². The molecule has 2 heterocycles. The van der Waals surface area contributed by atoms with Crippen LogP contribution in [0, 0.1) is 18.8 Å². The maximum atomic E-state index is 12.6. The van der Waals surface area contributed by atoms with Gasteiger partial charge in [-0.25, -0.2) is 0 Å². The number of H-pyrrole nitrogens is 1. The van der Waals surface area contributed by atoms with Crippen molar-refractivity contribution in [3.8, 4) is 23.3 Å². The highest BCUT2D eigenvalue weighted by atomic mass is 16.5. The first kappa shape index (κ1) is 20.5. The van der Waals surface area contributed by atoms with Gasteiger partial charge in [-0.1, -0.05) is 42.2 Å². The molecule has 1 aromatic heterocycles. The van der Waals surface area contributed by atoms with Gasteiger partial charge in [0.2, 0.25) is 0 Å². The maximum Gasteiger partial charge on any atom is 0.293 e. The van der Waals surface area contributed by atoms with Crippen LogP contribution in [0.4, 0.5) is 0 Å². The monoisotopic (exact) mass is 416 g/mol. The lowest BCUT2D eigenvalue weighted by molar-refractivity contribution is -0.116. The minimum Gasteiger partial charge on any atom is -0.483 e.